The lowest BCUT2D eigenvalue weighted by Crippen LogP contribution is -2.54. The second kappa shape index (κ2) is 10.3. The lowest BCUT2D eigenvalue weighted by molar-refractivity contribution is -0.122. The van der Waals surface area contributed by atoms with Crippen molar-refractivity contribution in [1.29, 1.82) is 0 Å². The van der Waals surface area contributed by atoms with Gasteiger partial charge in [-0.3, -0.25) is 19.7 Å². The van der Waals surface area contributed by atoms with Gasteiger partial charge in [-0.1, -0.05) is 48.5 Å². The Morgan fingerprint density at radius 3 is 2.31 bits per heavy atom. The maximum Gasteiger partial charge on any atom is 0.335 e. The van der Waals surface area contributed by atoms with Crippen molar-refractivity contribution >= 4 is 41.2 Å². The van der Waals surface area contributed by atoms with Crippen LogP contribution >= 0.6 is 0 Å². The molecule has 0 bridgehead atoms. The highest BCUT2D eigenvalue weighted by Crippen LogP contribution is 2.26. The van der Waals surface area contributed by atoms with Crippen molar-refractivity contribution in [2.45, 2.75) is 0 Å². The Morgan fingerprint density at radius 2 is 1.57 bits per heavy atom. The molecule has 9 nitrogen and oxygen atoms in total. The van der Waals surface area contributed by atoms with Crippen molar-refractivity contribution in [2.75, 3.05) is 23.9 Å². The Balaban J connectivity index is 1.53. The van der Waals surface area contributed by atoms with E-state index in [2.05, 4.69) is 10.6 Å². The first-order valence-corrected chi connectivity index (χ1v) is 10.6. The third-order valence-electron chi connectivity index (χ3n) is 5.07. The molecule has 2 N–H and O–H groups in total. The molecule has 0 saturated carbocycles. The van der Waals surface area contributed by atoms with E-state index in [-0.39, 0.29) is 17.9 Å². The number of benzene rings is 3. The third-order valence-corrected chi connectivity index (χ3v) is 5.07. The third kappa shape index (κ3) is 5.19. The predicted octanol–water partition coefficient (Wildman–Crippen LogP) is 3.38. The van der Waals surface area contributed by atoms with Crippen molar-refractivity contribution in [2.24, 2.45) is 0 Å². The average Bonchev–Trinajstić information content (AvgIpc) is 2.86. The van der Waals surface area contributed by atoms with Crippen LogP contribution < -0.4 is 25.0 Å². The molecule has 35 heavy (non-hydrogen) atoms. The Kier molecular flexibility index (Phi) is 6.87. The molecular formula is C26H21N3O6. The fraction of sp³-hybridized carbons (Fsp3) is 0.0769. The standard InChI is InChI=1S/C26H21N3O6/c1-34-22-14-8-6-12-20(22)27-23(30)16-35-21-13-7-5-9-17(21)15-19-24(31)28-26(33)29(25(19)32)18-10-3-2-4-11-18/h2-15H,16H2,1H3,(H,27,30)(H,28,31,33)/b19-15-. The van der Waals surface area contributed by atoms with Gasteiger partial charge in [-0.15, -0.1) is 0 Å². The Hall–Kier alpha value is -4.92. The number of methoxy groups -OCH3 is 1. The molecule has 9 heteroatoms. The molecule has 1 aliphatic rings. The van der Waals surface area contributed by atoms with Crippen molar-refractivity contribution < 1.29 is 28.7 Å². The van der Waals surface area contributed by atoms with E-state index >= 15 is 0 Å². The minimum atomic E-state index is -0.833. The molecule has 0 aromatic heterocycles. The second-order valence-corrected chi connectivity index (χ2v) is 7.37. The van der Waals surface area contributed by atoms with E-state index < -0.39 is 23.8 Å². The molecule has 176 valence electrons. The summed E-state index contributed by atoms with van der Waals surface area (Å²) in [6, 6.07) is 21.0. The summed E-state index contributed by atoms with van der Waals surface area (Å²) in [5.74, 6) is -1.24. The van der Waals surface area contributed by atoms with Crippen LogP contribution in [0.1, 0.15) is 5.56 Å². The number of imide groups is 2. The van der Waals surface area contributed by atoms with Gasteiger partial charge in [0.2, 0.25) is 0 Å². The molecule has 1 fully saturated rings. The highest BCUT2D eigenvalue weighted by Gasteiger charge is 2.36. The molecule has 3 aromatic rings. The van der Waals surface area contributed by atoms with Crippen molar-refractivity contribution in [3.63, 3.8) is 0 Å². The Labute approximate surface area is 201 Å². The van der Waals surface area contributed by atoms with E-state index in [1.165, 1.54) is 13.2 Å². The summed E-state index contributed by atoms with van der Waals surface area (Å²) in [7, 11) is 1.50. The van der Waals surface area contributed by atoms with Crippen molar-refractivity contribution in [3.05, 3.63) is 90.0 Å². The molecule has 0 radical (unpaired) electrons. The predicted molar refractivity (Wildman–Crippen MR) is 129 cm³/mol. The van der Waals surface area contributed by atoms with E-state index in [4.69, 9.17) is 9.47 Å². The van der Waals surface area contributed by atoms with Gasteiger partial charge in [-0.25, -0.2) is 9.69 Å². The van der Waals surface area contributed by atoms with Crippen LogP contribution in [0.5, 0.6) is 11.5 Å². The number of para-hydroxylation sites is 4. The highest BCUT2D eigenvalue weighted by atomic mass is 16.5. The van der Waals surface area contributed by atoms with Gasteiger partial charge in [0.1, 0.15) is 17.1 Å². The Morgan fingerprint density at radius 1 is 0.914 bits per heavy atom. The molecule has 1 heterocycles. The monoisotopic (exact) mass is 471 g/mol. The summed E-state index contributed by atoms with van der Waals surface area (Å²) in [6.45, 7) is -0.326. The van der Waals surface area contributed by atoms with E-state index in [1.54, 1.807) is 78.9 Å². The van der Waals surface area contributed by atoms with Gasteiger partial charge in [0, 0.05) is 5.56 Å². The number of amides is 5. The summed E-state index contributed by atoms with van der Waals surface area (Å²) in [4.78, 5) is 51.2. The normalized spacial score (nSPS) is 14.5. The minimum absolute atomic E-state index is 0.247. The summed E-state index contributed by atoms with van der Waals surface area (Å²) in [6.07, 6.45) is 1.33. The van der Waals surface area contributed by atoms with Crippen molar-refractivity contribution in [1.82, 2.24) is 5.32 Å². The Bertz CT molecular complexity index is 1320. The molecule has 1 aliphatic heterocycles. The quantitative estimate of drug-likeness (QED) is 0.403. The maximum atomic E-state index is 13.1. The number of barbiturate groups is 1. The number of nitrogens with one attached hydrogen (secondary N) is 2. The lowest BCUT2D eigenvalue weighted by atomic mass is 10.1. The average molecular weight is 471 g/mol. The van der Waals surface area contributed by atoms with Gasteiger partial charge in [0.25, 0.3) is 17.7 Å². The molecule has 0 unspecified atom stereocenters. The largest absolute Gasteiger partial charge is 0.495 e. The number of ether oxygens (including phenoxy) is 2. The summed E-state index contributed by atoms with van der Waals surface area (Å²) < 4.78 is 10.9. The fourth-order valence-electron chi connectivity index (χ4n) is 3.43. The summed E-state index contributed by atoms with van der Waals surface area (Å²) >= 11 is 0. The van der Waals surface area contributed by atoms with E-state index in [1.807, 2.05) is 0 Å². The smallest absolute Gasteiger partial charge is 0.335 e. The van der Waals surface area contributed by atoms with Gasteiger partial charge >= 0.3 is 6.03 Å². The number of anilines is 2. The molecule has 0 atom stereocenters. The van der Waals surface area contributed by atoms with Crippen LogP contribution in [0, 0.1) is 0 Å². The molecule has 5 amide bonds. The first kappa shape index (κ1) is 23.2. The number of hydrogen-bond acceptors (Lipinski definition) is 6. The van der Waals surface area contributed by atoms with E-state index in [0.29, 0.717) is 22.7 Å². The van der Waals surface area contributed by atoms with Gasteiger partial charge in [0.15, 0.2) is 6.61 Å². The molecular weight excluding hydrogens is 450 g/mol. The van der Waals surface area contributed by atoms with Gasteiger partial charge in [-0.2, -0.15) is 0 Å². The first-order valence-electron chi connectivity index (χ1n) is 10.6. The van der Waals surface area contributed by atoms with Crippen LogP contribution in [-0.2, 0) is 14.4 Å². The zero-order valence-electron chi connectivity index (χ0n) is 18.7. The number of nitrogens with zero attached hydrogens (tertiary/aromatic N) is 1. The number of carbonyl (C=O) groups is 4. The minimum Gasteiger partial charge on any atom is -0.495 e. The van der Waals surface area contributed by atoms with E-state index in [0.717, 1.165) is 4.90 Å². The van der Waals surface area contributed by atoms with Crippen molar-refractivity contribution in [3.8, 4) is 11.5 Å². The van der Waals surface area contributed by atoms with Gasteiger partial charge in [-0.05, 0) is 36.4 Å². The van der Waals surface area contributed by atoms with Crippen LogP contribution in [0.4, 0.5) is 16.2 Å². The number of rotatable bonds is 7. The molecule has 0 spiro atoms. The topological polar surface area (TPSA) is 114 Å². The number of urea groups is 1. The SMILES string of the molecule is COc1ccccc1NC(=O)COc1ccccc1/C=C1/C(=O)NC(=O)N(c2ccccc2)C1=O. The van der Waals surface area contributed by atoms with Crippen LogP contribution in [0.3, 0.4) is 0 Å². The highest BCUT2D eigenvalue weighted by molar-refractivity contribution is 6.39. The fourth-order valence-corrected chi connectivity index (χ4v) is 3.43. The van der Waals surface area contributed by atoms with Gasteiger partial charge < -0.3 is 14.8 Å². The van der Waals surface area contributed by atoms with Crippen LogP contribution in [0.15, 0.2) is 84.4 Å². The van der Waals surface area contributed by atoms with Crippen LogP contribution in [0.2, 0.25) is 0 Å². The summed E-state index contributed by atoms with van der Waals surface area (Å²) in [5.41, 5.74) is 0.960. The maximum absolute atomic E-state index is 13.1. The zero-order chi connectivity index (χ0) is 24.8. The number of carbonyl (C=O) groups excluding carboxylic acids is 4. The van der Waals surface area contributed by atoms with Crippen LogP contribution in [-0.4, -0.2) is 37.5 Å². The molecule has 3 aromatic carbocycles. The molecule has 1 saturated heterocycles. The second-order valence-electron chi connectivity index (χ2n) is 7.37. The van der Waals surface area contributed by atoms with Crippen LogP contribution in [0.25, 0.3) is 6.08 Å². The van der Waals surface area contributed by atoms with Gasteiger partial charge in [0.05, 0.1) is 18.5 Å². The molecule has 4 rings (SSSR count). The first-order chi connectivity index (χ1) is 17.0. The van der Waals surface area contributed by atoms with E-state index in [9.17, 15) is 19.2 Å². The molecule has 0 aliphatic carbocycles. The summed E-state index contributed by atoms with van der Waals surface area (Å²) in [5, 5.41) is 4.89. The number of hydrogen-bond donors (Lipinski definition) is 2. The zero-order valence-corrected chi connectivity index (χ0v) is 18.7. The lowest BCUT2D eigenvalue weighted by Gasteiger charge is -2.26.